The fourth-order valence-corrected chi connectivity index (χ4v) is 2.11. The SMILES string of the molecule is Cc1ccc(Cl)cc1NC(=O)N(C)CC(O)C1CC1. The highest BCUT2D eigenvalue weighted by Crippen LogP contribution is 2.32. The van der Waals surface area contributed by atoms with Crippen molar-refractivity contribution in [3.05, 3.63) is 28.8 Å². The van der Waals surface area contributed by atoms with Crippen LogP contribution in [0, 0.1) is 12.8 Å². The van der Waals surface area contributed by atoms with Crippen molar-refractivity contribution in [1.29, 1.82) is 0 Å². The standard InChI is InChI=1S/C14H19ClN2O2/c1-9-3-6-11(15)7-12(9)16-14(19)17(2)8-13(18)10-4-5-10/h3,6-7,10,13,18H,4-5,8H2,1-2H3,(H,16,19). The van der Waals surface area contributed by atoms with Crippen molar-refractivity contribution >= 4 is 23.3 Å². The minimum Gasteiger partial charge on any atom is -0.391 e. The van der Waals surface area contributed by atoms with Gasteiger partial charge in [-0.25, -0.2) is 4.79 Å². The third-order valence-corrected chi connectivity index (χ3v) is 3.65. The number of nitrogens with one attached hydrogen (secondary N) is 1. The Bertz CT molecular complexity index is 475. The lowest BCUT2D eigenvalue weighted by molar-refractivity contribution is 0.117. The van der Waals surface area contributed by atoms with E-state index in [2.05, 4.69) is 5.32 Å². The largest absolute Gasteiger partial charge is 0.391 e. The highest BCUT2D eigenvalue weighted by atomic mass is 35.5. The highest BCUT2D eigenvalue weighted by molar-refractivity contribution is 6.31. The average Bonchev–Trinajstić information content (AvgIpc) is 3.17. The summed E-state index contributed by atoms with van der Waals surface area (Å²) in [6.45, 7) is 2.26. The maximum absolute atomic E-state index is 12.0. The van der Waals surface area contributed by atoms with Crippen molar-refractivity contribution in [2.75, 3.05) is 18.9 Å². The van der Waals surface area contributed by atoms with Crippen molar-refractivity contribution in [1.82, 2.24) is 4.90 Å². The van der Waals surface area contributed by atoms with Gasteiger partial charge in [0.05, 0.1) is 6.10 Å². The molecule has 1 fully saturated rings. The monoisotopic (exact) mass is 282 g/mol. The van der Waals surface area contributed by atoms with Crippen molar-refractivity contribution < 1.29 is 9.90 Å². The fraction of sp³-hybridized carbons (Fsp3) is 0.500. The van der Waals surface area contributed by atoms with Crippen LogP contribution in [0.1, 0.15) is 18.4 Å². The number of aliphatic hydroxyl groups is 1. The number of hydrogen-bond acceptors (Lipinski definition) is 2. The molecule has 104 valence electrons. The molecule has 0 bridgehead atoms. The molecule has 5 heteroatoms. The predicted octanol–water partition coefficient (Wildman–Crippen LogP) is 2.88. The Morgan fingerprint density at radius 3 is 2.89 bits per heavy atom. The molecule has 2 N–H and O–H groups in total. The molecule has 0 spiro atoms. The van der Waals surface area contributed by atoms with Crippen LogP contribution in [0.25, 0.3) is 0 Å². The van der Waals surface area contributed by atoms with Crippen LogP contribution >= 0.6 is 11.6 Å². The zero-order valence-electron chi connectivity index (χ0n) is 11.2. The van der Waals surface area contributed by atoms with Crippen molar-refractivity contribution in [3.8, 4) is 0 Å². The van der Waals surface area contributed by atoms with E-state index in [4.69, 9.17) is 11.6 Å². The number of benzene rings is 1. The van der Waals surface area contributed by atoms with Gasteiger partial charge in [-0.2, -0.15) is 0 Å². The predicted molar refractivity (Wildman–Crippen MR) is 76.6 cm³/mol. The van der Waals surface area contributed by atoms with E-state index >= 15 is 0 Å². The van der Waals surface area contributed by atoms with Gasteiger partial charge in [-0.3, -0.25) is 0 Å². The maximum Gasteiger partial charge on any atom is 0.321 e. The molecule has 2 amide bonds. The molecule has 1 unspecified atom stereocenters. The Labute approximate surface area is 118 Å². The van der Waals surface area contributed by atoms with E-state index in [9.17, 15) is 9.90 Å². The summed E-state index contributed by atoms with van der Waals surface area (Å²) < 4.78 is 0. The topological polar surface area (TPSA) is 52.6 Å². The van der Waals surface area contributed by atoms with Crippen LogP contribution in [0.2, 0.25) is 5.02 Å². The molecule has 1 aliphatic carbocycles. The minimum absolute atomic E-state index is 0.231. The quantitative estimate of drug-likeness (QED) is 0.892. The second-order valence-corrected chi connectivity index (χ2v) is 5.61. The van der Waals surface area contributed by atoms with Crippen molar-refractivity contribution in [3.63, 3.8) is 0 Å². The zero-order chi connectivity index (χ0) is 14.0. The number of amides is 2. The lowest BCUT2D eigenvalue weighted by Crippen LogP contribution is -2.38. The van der Waals surface area contributed by atoms with Crippen LogP contribution in [0.5, 0.6) is 0 Å². The van der Waals surface area contributed by atoms with E-state index in [0.29, 0.717) is 23.2 Å². The van der Waals surface area contributed by atoms with Gasteiger partial charge in [-0.15, -0.1) is 0 Å². The molecular formula is C14H19ClN2O2. The number of aryl methyl sites for hydroxylation is 1. The molecule has 0 aliphatic heterocycles. The number of carbonyl (C=O) groups excluding carboxylic acids is 1. The number of anilines is 1. The average molecular weight is 283 g/mol. The normalized spacial score (nSPS) is 16.0. The first-order valence-corrected chi connectivity index (χ1v) is 6.81. The lowest BCUT2D eigenvalue weighted by atomic mass is 10.2. The van der Waals surface area contributed by atoms with Gasteiger partial charge in [0, 0.05) is 24.3 Å². The van der Waals surface area contributed by atoms with Gasteiger partial charge in [-0.05, 0) is 43.4 Å². The van der Waals surface area contributed by atoms with Gasteiger partial charge < -0.3 is 15.3 Å². The molecule has 0 saturated heterocycles. The molecule has 0 radical (unpaired) electrons. The van der Waals surface area contributed by atoms with E-state index < -0.39 is 6.10 Å². The Balaban J connectivity index is 1.93. The summed E-state index contributed by atoms with van der Waals surface area (Å²) in [5.41, 5.74) is 1.65. The third-order valence-electron chi connectivity index (χ3n) is 3.41. The number of urea groups is 1. The molecule has 0 aromatic heterocycles. The number of rotatable bonds is 4. The summed E-state index contributed by atoms with van der Waals surface area (Å²) in [5.74, 6) is 0.364. The molecule has 1 aliphatic rings. The van der Waals surface area contributed by atoms with Crippen molar-refractivity contribution in [2.45, 2.75) is 25.9 Å². The Kier molecular flexibility index (Phi) is 4.32. The van der Waals surface area contributed by atoms with E-state index in [0.717, 1.165) is 18.4 Å². The van der Waals surface area contributed by atoms with Crippen LogP contribution in [0.4, 0.5) is 10.5 Å². The first-order chi connectivity index (χ1) is 8.97. The minimum atomic E-state index is -0.420. The second-order valence-electron chi connectivity index (χ2n) is 5.17. The van der Waals surface area contributed by atoms with Crippen LogP contribution in [0.3, 0.4) is 0 Å². The number of aliphatic hydroxyl groups excluding tert-OH is 1. The Morgan fingerprint density at radius 2 is 2.26 bits per heavy atom. The summed E-state index contributed by atoms with van der Waals surface area (Å²) in [4.78, 5) is 13.5. The van der Waals surface area contributed by atoms with Gasteiger partial charge in [-0.1, -0.05) is 17.7 Å². The smallest absolute Gasteiger partial charge is 0.321 e. The number of hydrogen-bond donors (Lipinski definition) is 2. The lowest BCUT2D eigenvalue weighted by Gasteiger charge is -2.21. The molecule has 0 heterocycles. The van der Waals surface area contributed by atoms with E-state index in [1.54, 1.807) is 19.2 Å². The highest BCUT2D eigenvalue weighted by Gasteiger charge is 2.31. The van der Waals surface area contributed by atoms with Gasteiger partial charge in [0.1, 0.15) is 0 Å². The molecular weight excluding hydrogens is 264 g/mol. The van der Waals surface area contributed by atoms with Gasteiger partial charge in [0.15, 0.2) is 0 Å². The fourth-order valence-electron chi connectivity index (χ4n) is 1.93. The number of carbonyl (C=O) groups is 1. The molecule has 1 aromatic rings. The molecule has 1 atom stereocenters. The summed E-state index contributed by atoms with van der Waals surface area (Å²) in [6.07, 6.45) is 1.70. The number of halogens is 1. The molecule has 19 heavy (non-hydrogen) atoms. The zero-order valence-corrected chi connectivity index (χ0v) is 11.9. The first-order valence-electron chi connectivity index (χ1n) is 6.43. The van der Waals surface area contributed by atoms with Gasteiger partial charge in [0.25, 0.3) is 0 Å². The Morgan fingerprint density at radius 1 is 1.58 bits per heavy atom. The van der Waals surface area contributed by atoms with Crippen LogP contribution < -0.4 is 5.32 Å². The van der Waals surface area contributed by atoms with Crippen molar-refractivity contribution in [2.24, 2.45) is 5.92 Å². The number of nitrogens with zero attached hydrogens (tertiary/aromatic N) is 1. The van der Waals surface area contributed by atoms with Crippen LogP contribution in [-0.4, -0.2) is 35.7 Å². The van der Waals surface area contributed by atoms with E-state index in [1.165, 1.54) is 4.90 Å². The molecule has 4 nitrogen and oxygen atoms in total. The molecule has 2 rings (SSSR count). The third kappa shape index (κ3) is 3.85. The van der Waals surface area contributed by atoms with Gasteiger partial charge in [0.2, 0.25) is 0 Å². The maximum atomic E-state index is 12.0. The summed E-state index contributed by atoms with van der Waals surface area (Å²) >= 11 is 5.91. The molecule has 1 saturated carbocycles. The first kappa shape index (κ1) is 14.2. The van der Waals surface area contributed by atoms with Crippen LogP contribution in [-0.2, 0) is 0 Å². The van der Waals surface area contributed by atoms with E-state index in [-0.39, 0.29) is 6.03 Å². The number of likely N-dealkylation sites (N-methyl/N-ethyl adjacent to an activating group) is 1. The summed E-state index contributed by atoms with van der Waals surface area (Å²) in [5, 5.41) is 13.2. The summed E-state index contributed by atoms with van der Waals surface area (Å²) in [7, 11) is 1.68. The van der Waals surface area contributed by atoms with Gasteiger partial charge >= 0.3 is 6.03 Å². The summed E-state index contributed by atoms with van der Waals surface area (Å²) in [6, 6.07) is 5.13. The van der Waals surface area contributed by atoms with Crippen LogP contribution in [0.15, 0.2) is 18.2 Å². The van der Waals surface area contributed by atoms with E-state index in [1.807, 2.05) is 13.0 Å². The Hall–Kier alpha value is -1.26. The second kappa shape index (κ2) is 5.80. The molecule has 1 aromatic carbocycles.